The molecule has 0 radical (unpaired) electrons. The summed E-state index contributed by atoms with van der Waals surface area (Å²) in [6, 6.07) is 4.16. The smallest absolute Gasteiger partial charge is 0.213 e. The fourth-order valence-corrected chi connectivity index (χ4v) is 2.66. The number of ether oxygens (including phenoxy) is 1. The quantitative estimate of drug-likeness (QED) is 0.652. The summed E-state index contributed by atoms with van der Waals surface area (Å²) in [5, 5.41) is 0. The van der Waals surface area contributed by atoms with Crippen LogP contribution in [-0.4, -0.2) is 12.1 Å². The molecule has 0 fully saturated rings. The maximum absolute atomic E-state index is 5.18. The van der Waals surface area contributed by atoms with Crippen LogP contribution >= 0.6 is 0 Å². The molecule has 0 spiro atoms. The van der Waals surface area contributed by atoms with Gasteiger partial charge in [0.2, 0.25) is 5.88 Å². The van der Waals surface area contributed by atoms with Crippen LogP contribution in [0.4, 0.5) is 0 Å². The monoisotopic (exact) mass is 201 g/mol. The average molecular weight is 201 g/mol. The van der Waals surface area contributed by atoms with E-state index in [1.807, 2.05) is 6.07 Å². The lowest BCUT2D eigenvalue weighted by atomic mass is 9.89. The molecule has 3 aliphatic carbocycles. The highest BCUT2D eigenvalue weighted by atomic mass is 16.5. The Morgan fingerprint density at radius 3 is 2.93 bits per heavy atom. The largest absolute Gasteiger partial charge is 0.481 e. The lowest BCUT2D eigenvalue weighted by molar-refractivity contribution is 0.395. The molecule has 2 atom stereocenters. The minimum absolute atomic E-state index is 0.595. The molecule has 4 rings (SSSR count). The minimum Gasteiger partial charge on any atom is -0.481 e. The summed E-state index contributed by atoms with van der Waals surface area (Å²) >= 11 is 0. The summed E-state index contributed by atoms with van der Waals surface area (Å²) in [5.41, 5.74) is 2.65. The van der Waals surface area contributed by atoms with Crippen LogP contribution < -0.4 is 4.74 Å². The highest BCUT2D eigenvalue weighted by Gasteiger charge is 2.26. The molecule has 2 heteroatoms. The average Bonchev–Trinajstić information content (AvgIpc) is 2.57. The summed E-state index contributed by atoms with van der Waals surface area (Å²) in [6.45, 7) is 0. The lowest BCUT2D eigenvalue weighted by Crippen LogP contribution is -2.02. The molecule has 0 aliphatic heterocycles. The molecule has 0 saturated carbocycles. The van der Waals surface area contributed by atoms with Crippen molar-refractivity contribution in [3.8, 4) is 5.88 Å². The second kappa shape index (κ2) is 3.37. The predicted octanol–water partition coefficient (Wildman–Crippen LogP) is 2.70. The molecule has 1 aromatic rings. The first kappa shape index (κ1) is 8.96. The summed E-state index contributed by atoms with van der Waals surface area (Å²) in [5.74, 6) is 2.04. The predicted molar refractivity (Wildman–Crippen MR) is 59.1 cm³/mol. The van der Waals surface area contributed by atoms with Crippen LogP contribution in [0.5, 0.6) is 5.88 Å². The zero-order valence-electron chi connectivity index (χ0n) is 8.94. The van der Waals surface area contributed by atoms with Crippen molar-refractivity contribution in [1.29, 1.82) is 0 Å². The van der Waals surface area contributed by atoms with E-state index in [4.69, 9.17) is 4.74 Å². The van der Waals surface area contributed by atoms with Gasteiger partial charge in [-0.3, -0.25) is 0 Å². The summed E-state index contributed by atoms with van der Waals surface area (Å²) < 4.78 is 5.18. The van der Waals surface area contributed by atoms with Crippen LogP contribution in [0.25, 0.3) is 0 Å². The van der Waals surface area contributed by atoms with Gasteiger partial charge < -0.3 is 4.74 Å². The Morgan fingerprint density at radius 1 is 1.27 bits per heavy atom. The van der Waals surface area contributed by atoms with E-state index < -0.39 is 0 Å². The van der Waals surface area contributed by atoms with Gasteiger partial charge in [-0.15, -0.1) is 0 Å². The van der Waals surface area contributed by atoms with Gasteiger partial charge in [0.1, 0.15) is 0 Å². The van der Waals surface area contributed by atoms with Crippen LogP contribution in [0.3, 0.4) is 0 Å². The molecule has 1 heterocycles. The van der Waals surface area contributed by atoms with Gasteiger partial charge in [-0.25, -0.2) is 4.98 Å². The highest BCUT2D eigenvalue weighted by molar-refractivity contribution is 5.35. The molecule has 15 heavy (non-hydrogen) atoms. The second-order valence-electron chi connectivity index (χ2n) is 4.42. The zero-order valence-corrected chi connectivity index (χ0v) is 8.94. The van der Waals surface area contributed by atoms with Crippen LogP contribution in [0.1, 0.15) is 30.0 Å². The van der Waals surface area contributed by atoms with Crippen LogP contribution in [0, 0.1) is 5.92 Å². The molecular weight excluding hydrogens is 186 g/mol. The summed E-state index contributed by atoms with van der Waals surface area (Å²) in [4.78, 5) is 4.57. The van der Waals surface area contributed by atoms with Crippen molar-refractivity contribution < 1.29 is 4.74 Å². The van der Waals surface area contributed by atoms with Crippen molar-refractivity contribution in [2.75, 3.05) is 7.11 Å². The Bertz CT molecular complexity index is 411. The first-order valence-corrected chi connectivity index (χ1v) is 5.59. The SMILES string of the molecule is COc1ccc2c(n1)C[C@@H]1C=C[C@H]2CC1. The van der Waals surface area contributed by atoms with Crippen molar-refractivity contribution in [2.45, 2.75) is 25.2 Å². The number of pyridine rings is 1. The van der Waals surface area contributed by atoms with Gasteiger partial charge in [0.05, 0.1) is 7.11 Å². The van der Waals surface area contributed by atoms with E-state index in [-0.39, 0.29) is 0 Å². The molecule has 3 aliphatic rings. The number of hydrogen-bond donors (Lipinski definition) is 0. The third-order valence-corrected chi connectivity index (χ3v) is 3.51. The third kappa shape index (κ3) is 1.44. The number of fused-ring (bicyclic) bond motifs is 1. The van der Waals surface area contributed by atoms with E-state index >= 15 is 0 Å². The molecule has 0 N–H and O–H groups in total. The van der Waals surface area contributed by atoms with E-state index in [0.717, 1.165) is 12.3 Å². The van der Waals surface area contributed by atoms with Gasteiger partial charge >= 0.3 is 0 Å². The highest BCUT2D eigenvalue weighted by Crippen LogP contribution is 2.38. The van der Waals surface area contributed by atoms with E-state index in [1.54, 1.807) is 7.11 Å². The standard InChI is InChI=1S/C13H15NO/c1-15-13-7-6-11-10-4-2-9(3-5-10)8-12(11)14-13/h2,4,6-7,9-10H,3,5,8H2,1H3/t9-,10+/m1/s1. The van der Waals surface area contributed by atoms with E-state index in [1.165, 1.54) is 24.1 Å². The Kier molecular flexibility index (Phi) is 2.01. The number of allylic oxidation sites excluding steroid dienone is 2. The topological polar surface area (TPSA) is 22.1 Å². The van der Waals surface area contributed by atoms with Gasteiger partial charge in [-0.2, -0.15) is 0 Å². The number of methoxy groups -OCH3 is 1. The molecule has 0 aromatic carbocycles. The Morgan fingerprint density at radius 2 is 2.20 bits per heavy atom. The number of hydrogen-bond acceptors (Lipinski definition) is 2. The second-order valence-corrected chi connectivity index (χ2v) is 4.42. The van der Waals surface area contributed by atoms with Gasteiger partial charge in [0, 0.05) is 17.7 Å². The molecule has 0 unspecified atom stereocenters. The molecule has 0 saturated heterocycles. The molecule has 2 nitrogen and oxygen atoms in total. The van der Waals surface area contributed by atoms with E-state index in [9.17, 15) is 0 Å². The van der Waals surface area contributed by atoms with Crippen molar-refractivity contribution in [3.05, 3.63) is 35.5 Å². The fourth-order valence-electron chi connectivity index (χ4n) is 2.66. The Balaban J connectivity index is 2.08. The Hall–Kier alpha value is -1.31. The molecular formula is C13H15NO. The van der Waals surface area contributed by atoms with Crippen LogP contribution in [0.15, 0.2) is 24.3 Å². The van der Waals surface area contributed by atoms with Crippen molar-refractivity contribution in [1.82, 2.24) is 4.98 Å². The fraction of sp³-hybridized carbons (Fsp3) is 0.462. The number of nitrogens with zero attached hydrogens (tertiary/aromatic N) is 1. The van der Waals surface area contributed by atoms with Gasteiger partial charge in [-0.1, -0.05) is 18.2 Å². The van der Waals surface area contributed by atoms with Crippen molar-refractivity contribution in [2.24, 2.45) is 5.92 Å². The summed E-state index contributed by atoms with van der Waals surface area (Å²) in [7, 11) is 1.68. The molecule has 2 bridgehead atoms. The molecule has 1 aromatic heterocycles. The van der Waals surface area contributed by atoms with Crippen molar-refractivity contribution in [3.63, 3.8) is 0 Å². The van der Waals surface area contributed by atoms with Crippen LogP contribution in [0.2, 0.25) is 0 Å². The van der Waals surface area contributed by atoms with Crippen LogP contribution in [-0.2, 0) is 6.42 Å². The maximum Gasteiger partial charge on any atom is 0.213 e. The zero-order chi connectivity index (χ0) is 10.3. The van der Waals surface area contributed by atoms with Crippen molar-refractivity contribution >= 4 is 0 Å². The minimum atomic E-state index is 0.595. The lowest BCUT2D eigenvalue weighted by Gasteiger charge is -2.16. The molecule has 78 valence electrons. The van der Waals surface area contributed by atoms with Gasteiger partial charge in [-0.05, 0) is 30.7 Å². The number of aromatic nitrogens is 1. The normalized spacial score (nSPS) is 27.3. The summed E-state index contributed by atoms with van der Waals surface area (Å²) in [6.07, 6.45) is 8.39. The third-order valence-electron chi connectivity index (χ3n) is 3.51. The first-order chi connectivity index (χ1) is 7.36. The van der Waals surface area contributed by atoms with E-state index in [2.05, 4.69) is 23.2 Å². The maximum atomic E-state index is 5.18. The number of rotatable bonds is 1. The van der Waals surface area contributed by atoms with E-state index in [0.29, 0.717) is 11.8 Å². The first-order valence-electron chi connectivity index (χ1n) is 5.59. The van der Waals surface area contributed by atoms with Gasteiger partial charge in [0.25, 0.3) is 0 Å². The van der Waals surface area contributed by atoms with Gasteiger partial charge in [0.15, 0.2) is 0 Å². The Labute approximate surface area is 90.0 Å². The molecule has 0 amide bonds.